The fraction of sp³-hybridized carbons (Fsp3) is 0.500. The summed E-state index contributed by atoms with van der Waals surface area (Å²) >= 11 is 0. The maximum Gasteiger partial charge on any atom is 0.158 e. The molecule has 0 spiro atoms. The average molecular weight is 233 g/mol. The zero-order valence-corrected chi connectivity index (χ0v) is 10.4. The zero-order chi connectivity index (χ0) is 12.3. The monoisotopic (exact) mass is 233 g/mol. The topological polar surface area (TPSA) is 38.3 Å². The molecule has 1 aromatic rings. The number of para-hydroxylation sites is 1. The maximum absolute atomic E-state index is 12.2. The Morgan fingerprint density at radius 1 is 1.53 bits per heavy atom. The minimum absolute atomic E-state index is 0.0562. The molecule has 0 fully saturated rings. The molecule has 2 rings (SSSR count). The number of Topliss-reactive ketones (excluding diaryl/α,β-unsaturated/α-hetero) is 1. The molecule has 1 aromatic carbocycles. The highest BCUT2D eigenvalue weighted by Gasteiger charge is 2.29. The van der Waals surface area contributed by atoms with E-state index in [0.29, 0.717) is 12.4 Å². The van der Waals surface area contributed by atoms with Crippen LogP contribution in [0.25, 0.3) is 0 Å². The van der Waals surface area contributed by atoms with E-state index in [1.54, 1.807) is 7.11 Å². The SMILES string of the molecule is COCCC(C)C(=O)C1Cc2ccccc2N1. The van der Waals surface area contributed by atoms with E-state index < -0.39 is 0 Å². The molecule has 1 aliphatic rings. The van der Waals surface area contributed by atoms with Crippen molar-refractivity contribution in [2.45, 2.75) is 25.8 Å². The molecule has 3 nitrogen and oxygen atoms in total. The number of anilines is 1. The normalized spacial score (nSPS) is 19.5. The van der Waals surface area contributed by atoms with E-state index in [4.69, 9.17) is 4.74 Å². The summed E-state index contributed by atoms with van der Waals surface area (Å²) in [6.45, 7) is 2.62. The van der Waals surface area contributed by atoms with Gasteiger partial charge in [0.2, 0.25) is 0 Å². The lowest BCUT2D eigenvalue weighted by Crippen LogP contribution is -2.32. The molecule has 17 heavy (non-hydrogen) atoms. The summed E-state index contributed by atoms with van der Waals surface area (Å²) in [6.07, 6.45) is 1.61. The van der Waals surface area contributed by atoms with Gasteiger partial charge in [-0.25, -0.2) is 0 Å². The van der Waals surface area contributed by atoms with Crippen molar-refractivity contribution in [2.24, 2.45) is 5.92 Å². The second-order valence-electron chi connectivity index (χ2n) is 4.64. The van der Waals surface area contributed by atoms with Gasteiger partial charge < -0.3 is 10.1 Å². The highest BCUT2D eigenvalue weighted by molar-refractivity contribution is 5.90. The number of ketones is 1. The lowest BCUT2D eigenvalue weighted by atomic mass is 9.95. The Kier molecular flexibility index (Phi) is 3.79. The molecule has 1 heterocycles. The summed E-state index contributed by atoms with van der Waals surface area (Å²) < 4.78 is 5.01. The van der Waals surface area contributed by atoms with E-state index >= 15 is 0 Å². The van der Waals surface area contributed by atoms with Gasteiger partial charge in [0.25, 0.3) is 0 Å². The molecule has 1 N–H and O–H groups in total. The predicted molar refractivity (Wildman–Crippen MR) is 68.2 cm³/mol. The number of ether oxygens (including phenoxy) is 1. The fourth-order valence-electron chi connectivity index (χ4n) is 2.25. The highest BCUT2D eigenvalue weighted by atomic mass is 16.5. The van der Waals surface area contributed by atoms with Crippen LogP contribution in [0.2, 0.25) is 0 Å². The molecular weight excluding hydrogens is 214 g/mol. The third-order valence-electron chi connectivity index (χ3n) is 3.36. The Hall–Kier alpha value is -1.35. The van der Waals surface area contributed by atoms with Gasteiger partial charge in [0, 0.05) is 31.7 Å². The van der Waals surface area contributed by atoms with Crippen molar-refractivity contribution in [3.63, 3.8) is 0 Å². The number of benzene rings is 1. The second kappa shape index (κ2) is 5.32. The first kappa shape index (κ1) is 12.1. The summed E-state index contributed by atoms with van der Waals surface area (Å²) in [5.41, 5.74) is 2.34. The van der Waals surface area contributed by atoms with E-state index in [1.165, 1.54) is 5.56 Å². The molecule has 0 bridgehead atoms. The third kappa shape index (κ3) is 2.67. The number of methoxy groups -OCH3 is 1. The number of fused-ring (bicyclic) bond motifs is 1. The van der Waals surface area contributed by atoms with Crippen molar-refractivity contribution in [1.82, 2.24) is 0 Å². The average Bonchev–Trinajstić information content (AvgIpc) is 2.78. The highest BCUT2D eigenvalue weighted by Crippen LogP contribution is 2.27. The number of hydrogen-bond acceptors (Lipinski definition) is 3. The Bertz CT molecular complexity index is 378. The standard InChI is InChI=1S/C14H19NO2/c1-10(7-8-17-2)14(16)13-9-11-5-3-4-6-12(11)15-13/h3-6,10,13,15H,7-9H2,1-2H3. The van der Waals surface area contributed by atoms with Crippen LogP contribution in [0.3, 0.4) is 0 Å². The number of nitrogens with one attached hydrogen (secondary N) is 1. The first-order chi connectivity index (χ1) is 8.22. The Morgan fingerprint density at radius 2 is 2.29 bits per heavy atom. The Labute approximate surface area is 102 Å². The number of rotatable bonds is 5. The van der Waals surface area contributed by atoms with E-state index in [2.05, 4.69) is 11.4 Å². The van der Waals surface area contributed by atoms with Gasteiger partial charge in [-0.3, -0.25) is 4.79 Å². The van der Waals surface area contributed by atoms with Crippen molar-refractivity contribution >= 4 is 11.5 Å². The summed E-state index contributed by atoms with van der Waals surface area (Å²) in [5, 5.41) is 3.30. The first-order valence-corrected chi connectivity index (χ1v) is 6.09. The van der Waals surface area contributed by atoms with E-state index in [1.807, 2.05) is 25.1 Å². The predicted octanol–water partition coefficient (Wildman–Crippen LogP) is 2.26. The van der Waals surface area contributed by atoms with Crippen LogP contribution < -0.4 is 5.32 Å². The van der Waals surface area contributed by atoms with Gasteiger partial charge in [-0.2, -0.15) is 0 Å². The van der Waals surface area contributed by atoms with Crippen LogP contribution in [0.15, 0.2) is 24.3 Å². The molecular formula is C14H19NO2. The summed E-state index contributed by atoms with van der Waals surface area (Å²) in [4.78, 5) is 12.2. The minimum atomic E-state index is -0.0562. The molecule has 92 valence electrons. The van der Waals surface area contributed by atoms with Crippen molar-refractivity contribution in [2.75, 3.05) is 19.0 Å². The quantitative estimate of drug-likeness (QED) is 0.847. The van der Waals surface area contributed by atoms with Gasteiger partial charge >= 0.3 is 0 Å². The smallest absolute Gasteiger partial charge is 0.158 e. The van der Waals surface area contributed by atoms with E-state index in [9.17, 15) is 4.79 Å². The molecule has 0 saturated carbocycles. The fourth-order valence-corrected chi connectivity index (χ4v) is 2.25. The van der Waals surface area contributed by atoms with Crippen molar-refractivity contribution in [3.05, 3.63) is 29.8 Å². The van der Waals surface area contributed by atoms with Gasteiger partial charge in [0.1, 0.15) is 0 Å². The molecule has 0 amide bonds. The Morgan fingerprint density at radius 3 is 3.00 bits per heavy atom. The second-order valence-corrected chi connectivity index (χ2v) is 4.64. The Balaban J connectivity index is 1.96. The third-order valence-corrected chi connectivity index (χ3v) is 3.36. The number of carbonyl (C=O) groups excluding carboxylic acids is 1. The van der Waals surface area contributed by atoms with Crippen LogP contribution in [0.5, 0.6) is 0 Å². The molecule has 2 unspecified atom stereocenters. The first-order valence-electron chi connectivity index (χ1n) is 6.09. The molecule has 0 saturated heterocycles. The zero-order valence-electron chi connectivity index (χ0n) is 10.4. The van der Waals surface area contributed by atoms with Crippen LogP contribution in [0.4, 0.5) is 5.69 Å². The van der Waals surface area contributed by atoms with Crippen LogP contribution in [-0.4, -0.2) is 25.5 Å². The molecule has 0 aliphatic carbocycles. The van der Waals surface area contributed by atoms with E-state index in [-0.39, 0.29) is 12.0 Å². The van der Waals surface area contributed by atoms with Crippen LogP contribution in [0.1, 0.15) is 18.9 Å². The van der Waals surface area contributed by atoms with Crippen molar-refractivity contribution in [3.8, 4) is 0 Å². The minimum Gasteiger partial charge on any atom is -0.385 e. The number of hydrogen-bond donors (Lipinski definition) is 1. The van der Waals surface area contributed by atoms with Gasteiger partial charge in [-0.1, -0.05) is 25.1 Å². The molecule has 1 aliphatic heterocycles. The molecule has 2 atom stereocenters. The van der Waals surface area contributed by atoms with E-state index in [0.717, 1.165) is 18.5 Å². The maximum atomic E-state index is 12.2. The van der Waals surface area contributed by atoms with Crippen molar-refractivity contribution in [1.29, 1.82) is 0 Å². The summed E-state index contributed by atoms with van der Waals surface area (Å²) in [5.74, 6) is 0.347. The van der Waals surface area contributed by atoms with Crippen LogP contribution in [0, 0.1) is 5.92 Å². The van der Waals surface area contributed by atoms with Crippen LogP contribution in [-0.2, 0) is 16.0 Å². The largest absolute Gasteiger partial charge is 0.385 e. The van der Waals surface area contributed by atoms with Gasteiger partial charge in [0.05, 0.1) is 6.04 Å². The number of carbonyl (C=O) groups is 1. The summed E-state index contributed by atoms with van der Waals surface area (Å²) in [6, 6.07) is 8.06. The lowest BCUT2D eigenvalue weighted by molar-refractivity contribution is -0.123. The molecule has 0 aromatic heterocycles. The summed E-state index contributed by atoms with van der Waals surface area (Å²) in [7, 11) is 1.67. The molecule has 0 radical (unpaired) electrons. The van der Waals surface area contributed by atoms with Crippen molar-refractivity contribution < 1.29 is 9.53 Å². The molecule has 3 heteroatoms. The van der Waals surface area contributed by atoms with Gasteiger partial charge in [-0.15, -0.1) is 0 Å². The van der Waals surface area contributed by atoms with Gasteiger partial charge in [0.15, 0.2) is 5.78 Å². The van der Waals surface area contributed by atoms with Gasteiger partial charge in [-0.05, 0) is 18.1 Å². The lowest BCUT2D eigenvalue weighted by Gasteiger charge is -2.15. The van der Waals surface area contributed by atoms with Crippen LogP contribution >= 0.6 is 0 Å².